The van der Waals surface area contributed by atoms with E-state index in [4.69, 9.17) is 0 Å². The SMILES string of the molecule is Cc1ccc(CNC(=O)C2CC(=O)N(c3cc(F)cc(F)c3)C2)s1. The highest BCUT2D eigenvalue weighted by atomic mass is 32.1. The molecule has 24 heavy (non-hydrogen) atoms. The molecule has 1 unspecified atom stereocenters. The molecule has 2 heterocycles. The zero-order chi connectivity index (χ0) is 17.3. The summed E-state index contributed by atoms with van der Waals surface area (Å²) in [7, 11) is 0. The Bertz CT molecular complexity index is 770. The maximum absolute atomic E-state index is 13.3. The molecule has 2 aromatic rings. The summed E-state index contributed by atoms with van der Waals surface area (Å²) in [5.74, 6) is -2.57. The van der Waals surface area contributed by atoms with Crippen LogP contribution in [0.4, 0.5) is 14.5 Å². The lowest BCUT2D eigenvalue weighted by Crippen LogP contribution is -2.32. The molecule has 0 spiro atoms. The lowest BCUT2D eigenvalue weighted by molar-refractivity contribution is -0.126. The van der Waals surface area contributed by atoms with Crippen LogP contribution in [0.1, 0.15) is 16.2 Å². The van der Waals surface area contributed by atoms with Gasteiger partial charge in [-0.15, -0.1) is 11.3 Å². The summed E-state index contributed by atoms with van der Waals surface area (Å²) >= 11 is 1.60. The smallest absolute Gasteiger partial charge is 0.227 e. The Hall–Kier alpha value is -2.28. The number of carbonyl (C=O) groups excluding carboxylic acids is 2. The predicted octanol–water partition coefficient (Wildman–Crippen LogP) is 3.00. The van der Waals surface area contributed by atoms with Gasteiger partial charge in [0.2, 0.25) is 11.8 Å². The van der Waals surface area contributed by atoms with Crippen molar-refractivity contribution in [1.82, 2.24) is 5.32 Å². The van der Waals surface area contributed by atoms with Crippen molar-refractivity contribution in [2.75, 3.05) is 11.4 Å². The van der Waals surface area contributed by atoms with Crippen molar-refractivity contribution >= 4 is 28.8 Å². The maximum atomic E-state index is 13.3. The number of hydrogen-bond acceptors (Lipinski definition) is 3. The molecule has 1 N–H and O–H groups in total. The Kier molecular flexibility index (Phi) is 4.62. The first-order valence-electron chi connectivity index (χ1n) is 7.52. The van der Waals surface area contributed by atoms with E-state index in [0.717, 1.165) is 28.0 Å². The third-order valence-corrected chi connectivity index (χ3v) is 4.89. The third-order valence-electron chi connectivity index (χ3n) is 3.89. The minimum atomic E-state index is -0.751. The van der Waals surface area contributed by atoms with Gasteiger partial charge in [0.15, 0.2) is 0 Å². The molecule has 0 saturated carbocycles. The number of carbonyl (C=O) groups is 2. The van der Waals surface area contributed by atoms with Gasteiger partial charge in [0.1, 0.15) is 11.6 Å². The van der Waals surface area contributed by atoms with E-state index in [0.29, 0.717) is 6.54 Å². The largest absolute Gasteiger partial charge is 0.351 e. The molecule has 1 fully saturated rings. The quantitative estimate of drug-likeness (QED) is 0.922. The van der Waals surface area contributed by atoms with Crippen molar-refractivity contribution in [2.45, 2.75) is 19.9 Å². The molecule has 1 aliphatic rings. The average molecular weight is 350 g/mol. The van der Waals surface area contributed by atoms with Gasteiger partial charge in [0, 0.05) is 34.5 Å². The molecule has 1 aromatic carbocycles. The number of benzene rings is 1. The molecular weight excluding hydrogens is 334 g/mol. The van der Waals surface area contributed by atoms with Gasteiger partial charge in [-0.1, -0.05) is 0 Å². The first kappa shape index (κ1) is 16.6. The fraction of sp³-hybridized carbons (Fsp3) is 0.294. The number of hydrogen-bond donors (Lipinski definition) is 1. The lowest BCUT2D eigenvalue weighted by Gasteiger charge is -2.17. The minimum absolute atomic E-state index is 0.0352. The molecule has 126 valence electrons. The third kappa shape index (κ3) is 3.62. The monoisotopic (exact) mass is 350 g/mol. The van der Waals surface area contributed by atoms with Crippen molar-refractivity contribution in [1.29, 1.82) is 0 Å². The van der Waals surface area contributed by atoms with E-state index >= 15 is 0 Å². The van der Waals surface area contributed by atoms with Crippen molar-refractivity contribution in [3.8, 4) is 0 Å². The molecule has 0 bridgehead atoms. The molecule has 7 heteroatoms. The number of amides is 2. The van der Waals surface area contributed by atoms with E-state index in [1.165, 1.54) is 4.90 Å². The van der Waals surface area contributed by atoms with Gasteiger partial charge in [0.05, 0.1) is 12.5 Å². The van der Waals surface area contributed by atoms with Crippen LogP contribution in [0.2, 0.25) is 0 Å². The molecule has 1 aromatic heterocycles. The Morgan fingerprint density at radius 3 is 2.62 bits per heavy atom. The normalized spacial score (nSPS) is 17.4. The number of anilines is 1. The van der Waals surface area contributed by atoms with Crippen molar-refractivity contribution in [3.05, 3.63) is 51.7 Å². The summed E-state index contributed by atoms with van der Waals surface area (Å²) in [6, 6.07) is 6.86. The van der Waals surface area contributed by atoms with E-state index in [9.17, 15) is 18.4 Å². The number of nitrogens with one attached hydrogen (secondary N) is 1. The molecule has 1 aliphatic heterocycles. The fourth-order valence-corrected chi connectivity index (χ4v) is 3.56. The van der Waals surface area contributed by atoms with Crippen LogP contribution in [0, 0.1) is 24.5 Å². The number of nitrogens with zero attached hydrogens (tertiary/aromatic N) is 1. The molecule has 1 atom stereocenters. The second-order valence-electron chi connectivity index (χ2n) is 5.76. The number of rotatable bonds is 4. The van der Waals surface area contributed by atoms with E-state index in [1.54, 1.807) is 11.3 Å². The summed E-state index contributed by atoms with van der Waals surface area (Å²) in [6.07, 6.45) is 0.0352. The summed E-state index contributed by atoms with van der Waals surface area (Å²) in [5.41, 5.74) is 0.140. The number of thiophene rings is 1. The van der Waals surface area contributed by atoms with E-state index < -0.39 is 17.6 Å². The zero-order valence-electron chi connectivity index (χ0n) is 13.0. The zero-order valence-corrected chi connectivity index (χ0v) is 13.8. The first-order chi connectivity index (χ1) is 11.4. The van der Waals surface area contributed by atoms with Gasteiger partial charge in [-0.05, 0) is 31.2 Å². The Labute approximate surface area is 142 Å². The Morgan fingerprint density at radius 2 is 2.00 bits per heavy atom. The molecule has 4 nitrogen and oxygen atoms in total. The summed E-state index contributed by atoms with van der Waals surface area (Å²) < 4.78 is 26.6. The van der Waals surface area contributed by atoms with Crippen LogP contribution in [0.15, 0.2) is 30.3 Å². The number of aryl methyl sites for hydroxylation is 1. The number of halogens is 2. The van der Waals surface area contributed by atoms with Crippen LogP contribution in [-0.2, 0) is 16.1 Å². The van der Waals surface area contributed by atoms with Gasteiger partial charge < -0.3 is 10.2 Å². The highest BCUT2D eigenvalue weighted by Crippen LogP contribution is 2.27. The summed E-state index contributed by atoms with van der Waals surface area (Å²) in [5, 5.41) is 2.81. The average Bonchev–Trinajstić information content (AvgIpc) is 3.10. The second-order valence-corrected chi connectivity index (χ2v) is 7.14. The summed E-state index contributed by atoms with van der Waals surface area (Å²) in [6.45, 7) is 2.52. The van der Waals surface area contributed by atoms with Crippen LogP contribution in [-0.4, -0.2) is 18.4 Å². The van der Waals surface area contributed by atoms with E-state index in [-0.39, 0.29) is 30.5 Å². The standard InChI is InChI=1S/C17H16F2N2O2S/c1-10-2-3-15(24-10)8-20-17(23)11-4-16(22)21(9-11)14-6-12(18)5-13(19)7-14/h2-3,5-7,11H,4,8-9H2,1H3,(H,20,23). The summed E-state index contributed by atoms with van der Waals surface area (Å²) in [4.78, 5) is 27.8. The van der Waals surface area contributed by atoms with Gasteiger partial charge in [-0.25, -0.2) is 8.78 Å². The fourth-order valence-electron chi connectivity index (χ4n) is 2.73. The molecule has 2 amide bonds. The van der Waals surface area contributed by atoms with Gasteiger partial charge in [-0.2, -0.15) is 0 Å². The Morgan fingerprint density at radius 1 is 1.29 bits per heavy atom. The van der Waals surface area contributed by atoms with Crippen molar-refractivity contribution in [2.24, 2.45) is 5.92 Å². The topological polar surface area (TPSA) is 49.4 Å². The highest BCUT2D eigenvalue weighted by molar-refractivity contribution is 7.11. The van der Waals surface area contributed by atoms with Crippen LogP contribution < -0.4 is 10.2 Å². The van der Waals surface area contributed by atoms with Crippen LogP contribution in [0.25, 0.3) is 0 Å². The van der Waals surface area contributed by atoms with Crippen molar-refractivity contribution in [3.63, 3.8) is 0 Å². The molecule has 3 rings (SSSR count). The maximum Gasteiger partial charge on any atom is 0.227 e. The van der Waals surface area contributed by atoms with E-state index in [1.807, 2.05) is 19.1 Å². The molecule has 0 aliphatic carbocycles. The first-order valence-corrected chi connectivity index (χ1v) is 8.33. The lowest BCUT2D eigenvalue weighted by atomic mass is 10.1. The van der Waals surface area contributed by atoms with Gasteiger partial charge in [0.25, 0.3) is 0 Å². The molecule has 0 radical (unpaired) electrons. The molecular formula is C17H16F2N2O2S. The van der Waals surface area contributed by atoms with Crippen LogP contribution >= 0.6 is 11.3 Å². The van der Waals surface area contributed by atoms with E-state index in [2.05, 4.69) is 5.32 Å². The second kappa shape index (κ2) is 6.68. The predicted molar refractivity (Wildman–Crippen MR) is 87.7 cm³/mol. The minimum Gasteiger partial charge on any atom is -0.351 e. The van der Waals surface area contributed by atoms with Crippen LogP contribution in [0.3, 0.4) is 0 Å². The molecule has 1 saturated heterocycles. The Balaban J connectivity index is 1.64. The van der Waals surface area contributed by atoms with Gasteiger partial charge >= 0.3 is 0 Å². The van der Waals surface area contributed by atoms with Gasteiger partial charge in [-0.3, -0.25) is 9.59 Å². The van der Waals surface area contributed by atoms with Crippen molar-refractivity contribution < 1.29 is 18.4 Å². The van der Waals surface area contributed by atoms with Crippen LogP contribution in [0.5, 0.6) is 0 Å². The highest BCUT2D eigenvalue weighted by Gasteiger charge is 2.35.